The van der Waals surface area contributed by atoms with Gasteiger partial charge < -0.3 is 10.1 Å². The number of carbonyl (C=O) groups excluding carboxylic acids is 2. The van der Waals surface area contributed by atoms with Gasteiger partial charge in [-0.05, 0) is 49.1 Å². The summed E-state index contributed by atoms with van der Waals surface area (Å²) in [6.07, 6.45) is 6.30. The average Bonchev–Trinajstić information content (AvgIpc) is 2.77. The molecule has 31 heavy (non-hydrogen) atoms. The zero-order chi connectivity index (χ0) is 21.9. The van der Waals surface area contributed by atoms with E-state index in [2.05, 4.69) is 10.2 Å². The van der Waals surface area contributed by atoms with E-state index in [1.54, 1.807) is 0 Å². The van der Waals surface area contributed by atoms with Crippen molar-refractivity contribution in [3.05, 3.63) is 82.9 Å². The maximum absolute atomic E-state index is 12.5. The summed E-state index contributed by atoms with van der Waals surface area (Å²) >= 11 is 5.91. The van der Waals surface area contributed by atoms with Gasteiger partial charge in [-0.2, -0.15) is 0 Å². The van der Waals surface area contributed by atoms with E-state index in [-0.39, 0.29) is 18.0 Å². The Hall–Kier alpha value is -2.63. The number of hydrogen-bond donors (Lipinski definition) is 1. The van der Waals surface area contributed by atoms with Crippen LogP contribution in [0.15, 0.2) is 66.7 Å². The summed E-state index contributed by atoms with van der Waals surface area (Å²) in [4.78, 5) is 26.8. The predicted octanol–water partition coefficient (Wildman–Crippen LogP) is 4.67. The van der Waals surface area contributed by atoms with Crippen LogP contribution in [0.1, 0.15) is 42.9 Å². The van der Waals surface area contributed by atoms with Crippen LogP contribution < -0.4 is 5.32 Å². The van der Waals surface area contributed by atoms with Crippen LogP contribution >= 0.6 is 11.6 Å². The molecule has 2 aromatic rings. The van der Waals surface area contributed by atoms with E-state index in [0.29, 0.717) is 37.5 Å². The largest absolute Gasteiger partial charge is 0.457 e. The number of esters is 1. The number of amides is 1. The van der Waals surface area contributed by atoms with Crippen molar-refractivity contribution in [3.8, 4) is 0 Å². The molecule has 3 rings (SSSR count). The lowest BCUT2D eigenvalue weighted by Gasteiger charge is -2.23. The molecule has 0 bridgehead atoms. The minimum atomic E-state index is -0.252. The Kier molecular flexibility index (Phi) is 9.13. The molecule has 1 amide bonds. The molecule has 1 aliphatic heterocycles. The van der Waals surface area contributed by atoms with Gasteiger partial charge >= 0.3 is 5.97 Å². The highest BCUT2D eigenvalue weighted by molar-refractivity contribution is 6.30. The van der Waals surface area contributed by atoms with Crippen molar-refractivity contribution >= 4 is 23.5 Å². The van der Waals surface area contributed by atoms with Gasteiger partial charge in [-0.1, -0.05) is 66.2 Å². The minimum Gasteiger partial charge on any atom is -0.457 e. The molecular formula is C25H29ClN2O3. The highest BCUT2D eigenvalue weighted by Gasteiger charge is 2.18. The highest BCUT2D eigenvalue weighted by Crippen LogP contribution is 2.24. The van der Waals surface area contributed by atoms with Gasteiger partial charge in [0, 0.05) is 24.5 Å². The van der Waals surface area contributed by atoms with Crippen molar-refractivity contribution in [2.45, 2.75) is 38.3 Å². The summed E-state index contributed by atoms with van der Waals surface area (Å²) in [5, 5.41) is 3.66. The standard InChI is InChI=1S/C25H29ClN2O3/c26-22-14-12-20(13-15-22)18-27-24(29)19-28-16-6-2-5-11-25(30)31-23(10-7-17-28)21-8-3-1-4-9-21/h1-4,6,8-9,12-15,23H,5,7,10-11,16-19H2,(H,27,29)/b6-2+. The van der Waals surface area contributed by atoms with Crippen molar-refractivity contribution in [3.63, 3.8) is 0 Å². The molecule has 1 aliphatic rings. The number of hydrogen-bond acceptors (Lipinski definition) is 4. The van der Waals surface area contributed by atoms with E-state index in [1.165, 1.54) is 0 Å². The van der Waals surface area contributed by atoms with Crippen LogP contribution in [0.2, 0.25) is 5.02 Å². The third kappa shape index (κ3) is 8.19. The second-order valence-corrected chi connectivity index (χ2v) is 8.12. The van der Waals surface area contributed by atoms with Crippen LogP contribution in [0, 0.1) is 0 Å². The first-order valence-corrected chi connectivity index (χ1v) is 11.1. The molecule has 1 N–H and O–H groups in total. The predicted molar refractivity (Wildman–Crippen MR) is 123 cm³/mol. The van der Waals surface area contributed by atoms with Gasteiger partial charge in [0.25, 0.3) is 0 Å². The van der Waals surface area contributed by atoms with Crippen LogP contribution in [-0.2, 0) is 20.9 Å². The third-order valence-electron chi connectivity index (χ3n) is 5.20. The second-order valence-electron chi connectivity index (χ2n) is 7.68. The van der Waals surface area contributed by atoms with Gasteiger partial charge in [0.2, 0.25) is 5.91 Å². The van der Waals surface area contributed by atoms with E-state index in [4.69, 9.17) is 16.3 Å². The number of carbonyl (C=O) groups is 2. The molecule has 164 valence electrons. The molecule has 6 heteroatoms. The Morgan fingerprint density at radius 1 is 1.10 bits per heavy atom. The maximum Gasteiger partial charge on any atom is 0.306 e. The lowest BCUT2D eigenvalue weighted by atomic mass is 10.0. The maximum atomic E-state index is 12.5. The normalized spacial score (nSPS) is 19.5. The molecule has 0 spiro atoms. The SMILES string of the molecule is O=C(CN1C/C=C/CCC(=O)OC(c2ccccc2)CCC1)NCc1ccc(Cl)cc1. The molecule has 0 radical (unpaired) electrons. The molecular weight excluding hydrogens is 412 g/mol. The molecule has 0 saturated heterocycles. The zero-order valence-corrected chi connectivity index (χ0v) is 18.4. The first-order chi connectivity index (χ1) is 15.1. The number of allylic oxidation sites excluding steroid dienone is 1. The smallest absolute Gasteiger partial charge is 0.306 e. The van der Waals surface area contributed by atoms with Gasteiger partial charge in [-0.15, -0.1) is 0 Å². The first kappa shape index (κ1) is 23.0. The Bertz CT molecular complexity index is 868. The minimum absolute atomic E-state index is 0.0125. The van der Waals surface area contributed by atoms with E-state index in [9.17, 15) is 9.59 Å². The molecule has 2 aromatic carbocycles. The summed E-state index contributed by atoms with van der Waals surface area (Å²) in [7, 11) is 0. The van der Waals surface area contributed by atoms with Gasteiger partial charge in [0.15, 0.2) is 0 Å². The van der Waals surface area contributed by atoms with E-state index in [1.807, 2.05) is 66.7 Å². The summed E-state index contributed by atoms with van der Waals surface area (Å²) < 4.78 is 5.74. The Morgan fingerprint density at radius 2 is 1.87 bits per heavy atom. The fourth-order valence-electron chi connectivity index (χ4n) is 3.52. The first-order valence-electron chi connectivity index (χ1n) is 10.7. The average molecular weight is 441 g/mol. The zero-order valence-electron chi connectivity index (χ0n) is 17.6. The lowest BCUT2D eigenvalue weighted by molar-refractivity contribution is -0.149. The van der Waals surface area contributed by atoms with Crippen LogP contribution in [-0.4, -0.2) is 36.4 Å². The number of halogens is 1. The second kappa shape index (κ2) is 12.3. The molecule has 0 aliphatic carbocycles. The van der Waals surface area contributed by atoms with Crippen molar-refractivity contribution in [1.29, 1.82) is 0 Å². The molecule has 1 heterocycles. The number of cyclic esters (lactones) is 1. The fourth-order valence-corrected chi connectivity index (χ4v) is 3.64. The number of benzene rings is 2. The van der Waals surface area contributed by atoms with Crippen LogP contribution in [0.5, 0.6) is 0 Å². The summed E-state index contributed by atoms with van der Waals surface area (Å²) in [6.45, 7) is 2.23. The van der Waals surface area contributed by atoms with Crippen molar-refractivity contribution in [2.75, 3.05) is 19.6 Å². The van der Waals surface area contributed by atoms with Crippen molar-refractivity contribution in [2.24, 2.45) is 0 Å². The topological polar surface area (TPSA) is 58.6 Å². The lowest BCUT2D eigenvalue weighted by Crippen LogP contribution is -2.37. The fraction of sp³-hybridized carbons (Fsp3) is 0.360. The highest BCUT2D eigenvalue weighted by atomic mass is 35.5. The molecule has 1 atom stereocenters. The molecule has 5 nitrogen and oxygen atoms in total. The van der Waals surface area contributed by atoms with Crippen LogP contribution in [0.4, 0.5) is 0 Å². The molecule has 1 unspecified atom stereocenters. The summed E-state index contributed by atoms with van der Waals surface area (Å²) in [6, 6.07) is 17.3. The van der Waals surface area contributed by atoms with Crippen molar-refractivity contribution < 1.29 is 14.3 Å². The Balaban J connectivity index is 1.56. The number of ether oxygens (including phenoxy) is 1. The number of rotatable bonds is 5. The third-order valence-corrected chi connectivity index (χ3v) is 5.45. The Labute approximate surface area is 189 Å². The van der Waals surface area contributed by atoms with Crippen LogP contribution in [0.25, 0.3) is 0 Å². The number of nitrogens with one attached hydrogen (secondary N) is 1. The monoisotopic (exact) mass is 440 g/mol. The molecule has 0 aromatic heterocycles. The summed E-state index contributed by atoms with van der Waals surface area (Å²) in [5.41, 5.74) is 2.02. The number of nitrogens with zero attached hydrogens (tertiary/aromatic N) is 1. The van der Waals surface area contributed by atoms with E-state index in [0.717, 1.165) is 30.5 Å². The van der Waals surface area contributed by atoms with Gasteiger partial charge in [-0.25, -0.2) is 0 Å². The van der Waals surface area contributed by atoms with E-state index >= 15 is 0 Å². The molecule has 0 saturated carbocycles. The Morgan fingerprint density at radius 3 is 2.65 bits per heavy atom. The van der Waals surface area contributed by atoms with Gasteiger partial charge in [-0.3, -0.25) is 14.5 Å². The van der Waals surface area contributed by atoms with Crippen LogP contribution in [0.3, 0.4) is 0 Å². The quantitative estimate of drug-likeness (QED) is 0.542. The van der Waals surface area contributed by atoms with E-state index < -0.39 is 0 Å². The van der Waals surface area contributed by atoms with Gasteiger partial charge in [0.1, 0.15) is 6.10 Å². The van der Waals surface area contributed by atoms with Crippen molar-refractivity contribution in [1.82, 2.24) is 10.2 Å². The summed E-state index contributed by atoms with van der Waals surface area (Å²) in [5.74, 6) is -0.181. The molecule has 0 fully saturated rings. The van der Waals surface area contributed by atoms with Gasteiger partial charge in [0.05, 0.1) is 6.54 Å².